The summed E-state index contributed by atoms with van der Waals surface area (Å²) in [4.78, 5) is 13.7. The number of nitrogens with two attached hydrogens (primary N) is 1. The van der Waals surface area contributed by atoms with Crippen molar-refractivity contribution in [1.29, 1.82) is 0 Å². The fourth-order valence-corrected chi connectivity index (χ4v) is 2.27. The first kappa shape index (κ1) is 13.3. The van der Waals surface area contributed by atoms with Gasteiger partial charge in [-0.15, -0.1) is 0 Å². The number of likely N-dealkylation sites (tertiary alicyclic amines) is 1. The van der Waals surface area contributed by atoms with Gasteiger partial charge in [0.25, 0.3) is 0 Å². The van der Waals surface area contributed by atoms with Gasteiger partial charge in [0, 0.05) is 19.6 Å². The van der Waals surface area contributed by atoms with Crippen LogP contribution in [0.5, 0.6) is 0 Å². The maximum atomic E-state index is 11.8. The summed E-state index contributed by atoms with van der Waals surface area (Å²) in [6, 6.07) is 0.0971. The van der Waals surface area contributed by atoms with Crippen molar-refractivity contribution in [3.05, 3.63) is 0 Å². The second kappa shape index (κ2) is 6.74. The first-order valence-electron chi connectivity index (χ1n) is 6.41. The van der Waals surface area contributed by atoms with Gasteiger partial charge >= 0.3 is 6.03 Å². The quantitative estimate of drug-likeness (QED) is 0.698. The number of carbonyl (C=O) groups is 1. The molecular weight excluding hydrogens is 202 g/mol. The van der Waals surface area contributed by atoms with Crippen LogP contribution >= 0.6 is 0 Å². The molecule has 2 amide bonds. The molecular formula is C12H25N3O. The molecule has 4 nitrogen and oxygen atoms in total. The van der Waals surface area contributed by atoms with Gasteiger partial charge in [0.1, 0.15) is 0 Å². The molecule has 1 aliphatic heterocycles. The maximum Gasteiger partial charge on any atom is 0.317 e. The molecule has 0 radical (unpaired) electrons. The Morgan fingerprint density at radius 3 is 2.88 bits per heavy atom. The molecule has 1 fully saturated rings. The van der Waals surface area contributed by atoms with E-state index in [0.29, 0.717) is 11.8 Å². The van der Waals surface area contributed by atoms with Crippen molar-refractivity contribution in [2.75, 3.05) is 26.2 Å². The van der Waals surface area contributed by atoms with Crippen LogP contribution in [-0.2, 0) is 0 Å². The van der Waals surface area contributed by atoms with E-state index in [9.17, 15) is 4.79 Å². The summed E-state index contributed by atoms with van der Waals surface area (Å²) in [6.45, 7) is 7.60. The Morgan fingerprint density at radius 1 is 1.50 bits per heavy atom. The van der Waals surface area contributed by atoms with Crippen LogP contribution in [0.1, 0.15) is 33.1 Å². The van der Waals surface area contributed by atoms with Crippen LogP contribution in [0.3, 0.4) is 0 Å². The van der Waals surface area contributed by atoms with Crippen molar-refractivity contribution < 1.29 is 4.79 Å². The van der Waals surface area contributed by atoms with E-state index < -0.39 is 0 Å². The number of urea groups is 1. The van der Waals surface area contributed by atoms with Gasteiger partial charge in [-0.25, -0.2) is 4.79 Å². The standard InChI is InChI=1S/C12H25N3O/c1-3-4-7-14-12(16)15-8-10(2)11(9-15)5-6-13/h10-11H,3-9,13H2,1-2H3,(H,14,16)/t10-,11-/m1/s1. The number of hydrogen-bond acceptors (Lipinski definition) is 2. The van der Waals surface area contributed by atoms with Gasteiger partial charge in [0.05, 0.1) is 0 Å². The van der Waals surface area contributed by atoms with E-state index in [1.807, 2.05) is 4.90 Å². The molecule has 0 aliphatic carbocycles. The average molecular weight is 227 g/mol. The zero-order valence-electron chi connectivity index (χ0n) is 10.5. The number of amides is 2. The third kappa shape index (κ3) is 3.67. The number of unbranched alkanes of at least 4 members (excludes halogenated alkanes) is 1. The number of nitrogens with one attached hydrogen (secondary N) is 1. The molecule has 1 aliphatic rings. The molecule has 2 atom stereocenters. The van der Waals surface area contributed by atoms with Crippen molar-refractivity contribution in [1.82, 2.24) is 10.2 Å². The molecule has 0 bridgehead atoms. The minimum absolute atomic E-state index is 0.0971. The van der Waals surface area contributed by atoms with Crippen molar-refractivity contribution in [2.24, 2.45) is 17.6 Å². The number of rotatable bonds is 5. The Bertz CT molecular complexity index is 220. The Balaban J connectivity index is 2.30. The van der Waals surface area contributed by atoms with Crippen molar-refractivity contribution in [2.45, 2.75) is 33.1 Å². The zero-order valence-corrected chi connectivity index (χ0v) is 10.5. The molecule has 0 aromatic heterocycles. The summed E-state index contributed by atoms with van der Waals surface area (Å²) in [5.41, 5.74) is 5.57. The lowest BCUT2D eigenvalue weighted by atomic mass is 9.95. The van der Waals surface area contributed by atoms with Gasteiger partial charge in [0.2, 0.25) is 0 Å². The lowest BCUT2D eigenvalue weighted by Gasteiger charge is -2.17. The molecule has 0 spiro atoms. The molecule has 3 N–H and O–H groups in total. The van der Waals surface area contributed by atoms with Crippen LogP contribution in [0.25, 0.3) is 0 Å². The minimum atomic E-state index is 0.0971. The van der Waals surface area contributed by atoms with Crippen LogP contribution in [-0.4, -0.2) is 37.1 Å². The summed E-state index contributed by atoms with van der Waals surface area (Å²) in [7, 11) is 0. The molecule has 0 aromatic rings. The second-order valence-corrected chi connectivity index (χ2v) is 4.81. The van der Waals surface area contributed by atoms with Crippen LogP contribution in [0.4, 0.5) is 4.79 Å². The summed E-state index contributed by atoms with van der Waals surface area (Å²) in [5.74, 6) is 1.17. The normalized spacial score (nSPS) is 24.8. The number of carbonyl (C=O) groups excluding carboxylic acids is 1. The summed E-state index contributed by atoms with van der Waals surface area (Å²) in [6.07, 6.45) is 3.20. The van der Waals surface area contributed by atoms with E-state index >= 15 is 0 Å². The first-order chi connectivity index (χ1) is 7.69. The molecule has 1 heterocycles. The van der Waals surface area contributed by atoms with Crippen molar-refractivity contribution >= 4 is 6.03 Å². The van der Waals surface area contributed by atoms with Gasteiger partial charge in [-0.2, -0.15) is 0 Å². The van der Waals surface area contributed by atoms with Gasteiger partial charge in [-0.1, -0.05) is 20.3 Å². The lowest BCUT2D eigenvalue weighted by Crippen LogP contribution is -2.39. The largest absolute Gasteiger partial charge is 0.338 e. The van der Waals surface area contributed by atoms with Crippen LogP contribution in [0.2, 0.25) is 0 Å². The lowest BCUT2D eigenvalue weighted by molar-refractivity contribution is 0.206. The van der Waals surface area contributed by atoms with Crippen molar-refractivity contribution in [3.63, 3.8) is 0 Å². The highest BCUT2D eigenvalue weighted by Crippen LogP contribution is 2.25. The molecule has 0 saturated carbocycles. The highest BCUT2D eigenvalue weighted by Gasteiger charge is 2.31. The van der Waals surface area contributed by atoms with Crippen LogP contribution < -0.4 is 11.1 Å². The topological polar surface area (TPSA) is 58.4 Å². The highest BCUT2D eigenvalue weighted by molar-refractivity contribution is 5.74. The highest BCUT2D eigenvalue weighted by atomic mass is 16.2. The molecule has 4 heteroatoms. The first-order valence-corrected chi connectivity index (χ1v) is 6.41. The van der Waals surface area contributed by atoms with E-state index in [0.717, 1.165) is 45.4 Å². The Hall–Kier alpha value is -0.770. The fraction of sp³-hybridized carbons (Fsp3) is 0.917. The molecule has 0 unspecified atom stereocenters. The van der Waals surface area contributed by atoms with Crippen LogP contribution in [0, 0.1) is 11.8 Å². The Labute approximate surface area is 98.6 Å². The molecule has 1 saturated heterocycles. The van der Waals surface area contributed by atoms with Gasteiger partial charge in [-0.05, 0) is 31.2 Å². The van der Waals surface area contributed by atoms with Crippen LogP contribution in [0.15, 0.2) is 0 Å². The smallest absolute Gasteiger partial charge is 0.317 e. The predicted octanol–water partition coefficient (Wildman–Crippen LogP) is 1.41. The third-order valence-corrected chi connectivity index (χ3v) is 3.40. The third-order valence-electron chi connectivity index (χ3n) is 3.40. The maximum absolute atomic E-state index is 11.8. The van der Waals surface area contributed by atoms with Gasteiger partial charge in [0.15, 0.2) is 0 Å². The Kier molecular flexibility index (Phi) is 5.60. The predicted molar refractivity (Wildman–Crippen MR) is 66.2 cm³/mol. The number of nitrogens with zero attached hydrogens (tertiary/aromatic N) is 1. The summed E-state index contributed by atoms with van der Waals surface area (Å²) in [5, 5.41) is 2.96. The Morgan fingerprint density at radius 2 is 2.25 bits per heavy atom. The second-order valence-electron chi connectivity index (χ2n) is 4.81. The van der Waals surface area contributed by atoms with E-state index in [4.69, 9.17) is 5.73 Å². The molecule has 94 valence electrons. The van der Waals surface area contributed by atoms with Crippen molar-refractivity contribution in [3.8, 4) is 0 Å². The summed E-state index contributed by atoms with van der Waals surface area (Å²) >= 11 is 0. The van der Waals surface area contributed by atoms with E-state index in [2.05, 4.69) is 19.2 Å². The molecule has 16 heavy (non-hydrogen) atoms. The van der Waals surface area contributed by atoms with E-state index in [-0.39, 0.29) is 6.03 Å². The monoisotopic (exact) mass is 227 g/mol. The summed E-state index contributed by atoms with van der Waals surface area (Å²) < 4.78 is 0. The SMILES string of the molecule is CCCCNC(=O)N1C[C@@H](CCN)[C@H](C)C1. The van der Waals surface area contributed by atoms with E-state index in [1.54, 1.807) is 0 Å². The molecule has 0 aromatic carbocycles. The zero-order chi connectivity index (χ0) is 12.0. The average Bonchev–Trinajstić information content (AvgIpc) is 2.61. The van der Waals surface area contributed by atoms with E-state index in [1.165, 1.54) is 0 Å². The fourth-order valence-electron chi connectivity index (χ4n) is 2.27. The number of hydrogen-bond donors (Lipinski definition) is 2. The van der Waals surface area contributed by atoms with Gasteiger partial charge < -0.3 is 16.0 Å². The molecule has 1 rings (SSSR count). The van der Waals surface area contributed by atoms with Gasteiger partial charge in [-0.3, -0.25) is 0 Å². The minimum Gasteiger partial charge on any atom is -0.338 e.